The number of rotatable bonds is 19. The predicted molar refractivity (Wildman–Crippen MR) is 171 cm³/mol. The van der Waals surface area contributed by atoms with Crippen molar-refractivity contribution in [3.8, 4) is 0 Å². The Bertz CT molecular complexity index is 1180. The minimum atomic E-state index is 0.160. The first kappa shape index (κ1) is 29.5. The van der Waals surface area contributed by atoms with Crippen molar-refractivity contribution in [3.05, 3.63) is 96.3 Å². The Morgan fingerprint density at radius 1 is 0.590 bits per heavy atom. The first-order chi connectivity index (χ1) is 19.4. The minimum absolute atomic E-state index is 0.160. The van der Waals surface area contributed by atoms with Crippen molar-refractivity contribution in [2.24, 2.45) is 0 Å². The van der Waals surface area contributed by atoms with Crippen LogP contribution in [-0.2, 0) is 6.54 Å². The first-order valence-corrected chi connectivity index (χ1v) is 16.5. The van der Waals surface area contributed by atoms with Gasteiger partial charge in [-0.15, -0.1) is 11.8 Å². The molecular weight excluding hydrogens is 492 g/mol. The topological polar surface area (TPSA) is 17.8 Å². The molecule has 0 saturated heterocycles. The second-order valence-corrected chi connectivity index (χ2v) is 12.1. The summed E-state index contributed by atoms with van der Waals surface area (Å²) >= 11 is 1.90. The van der Waals surface area contributed by atoms with Crippen molar-refractivity contribution >= 4 is 22.8 Å². The number of aryl methyl sites for hydroxylation is 1. The average Bonchev–Trinajstić information content (AvgIpc) is 3.35. The second kappa shape index (κ2) is 17.2. The molecule has 0 aliphatic carbocycles. The van der Waals surface area contributed by atoms with E-state index in [-0.39, 0.29) is 5.25 Å². The summed E-state index contributed by atoms with van der Waals surface area (Å²) in [5, 5.41) is 0.160. The van der Waals surface area contributed by atoms with E-state index in [0.29, 0.717) is 0 Å². The molecule has 4 aromatic rings. The molecule has 1 unspecified atom stereocenters. The van der Waals surface area contributed by atoms with Gasteiger partial charge in [0.2, 0.25) is 0 Å². The first-order valence-electron chi connectivity index (χ1n) is 15.6. The predicted octanol–water partition coefficient (Wildman–Crippen LogP) is 11.4. The number of imidazole rings is 1. The molecule has 4 rings (SSSR count). The van der Waals surface area contributed by atoms with Crippen LogP contribution in [0, 0.1) is 0 Å². The second-order valence-electron chi connectivity index (χ2n) is 10.9. The van der Waals surface area contributed by atoms with Gasteiger partial charge in [-0.05, 0) is 36.2 Å². The highest BCUT2D eigenvalue weighted by Crippen LogP contribution is 2.41. The molecule has 208 valence electrons. The quantitative estimate of drug-likeness (QED) is 0.0869. The molecule has 0 spiro atoms. The number of nitrogens with zero attached hydrogens (tertiary/aromatic N) is 2. The summed E-state index contributed by atoms with van der Waals surface area (Å²) in [6.45, 7) is 3.33. The van der Waals surface area contributed by atoms with Crippen molar-refractivity contribution < 1.29 is 0 Å². The zero-order valence-electron chi connectivity index (χ0n) is 24.1. The molecule has 0 bridgehead atoms. The number of fused-ring (bicyclic) bond motifs is 1. The van der Waals surface area contributed by atoms with Crippen LogP contribution in [0.3, 0.4) is 0 Å². The van der Waals surface area contributed by atoms with Gasteiger partial charge in [0, 0.05) is 11.4 Å². The summed E-state index contributed by atoms with van der Waals surface area (Å²) in [7, 11) is 0. The van der Waals surface area contributed by atoms with E-state index in [0.717, 1.165) is 12.1 Å². The van der Waals surface area contributed by atoms with Crippen LogP contribution in [0.1, 0.15) is 113 Å². The third-order valence-corrected chi connectivity index (χ3v) is 9.02. The summed E-state index contributed by atoms with van der Waals surface area (Å²) in [6, 6.07) is 30.3. The number of thioether (sulfide) groups is 1. The summed E-state index contributed by atoms with van der Waals surface area (Å²) < 4.78 is 2.50. The lowest BCUT2D eigenvalue weighted by atomic mass is 10.0. The molecule has 39 heavy (non-hydrogen) atoms. The highest BCUT2D eigenvalue weighted by Gasteiger charge is 2.23. The van der Waals surface area contributed by atoms with Crippen LogP contribution in [0.2, 0.25) is 0 Å². The smallest absolute Gasteiger partial charge is 0.127 e. The maximum atomic E-state index is 5.21. The van der Waals surface area contributed by atoms with Crippen LogP contribution in [0.4, 0.5) is 0 Å². The lowest BCUT2D eigenvalue weighted by Gasteiger charge is -2.19. The molecule has 3 heteroatoms. The molecule has 1 heterocycles. The molecule has 0 N–H and O–H groups in total. The molecule has 1 aromatic heterocycles. The maximum absolute atomic E-state index is 5.21. The monoisotopic (exact) mass is 540 g/mol. The van der Waals surface area contributed by atoms with Gasteiger partial charge in [0.05, 0.1) is 16.3 Å². The van der Waals surface area contributed by atoms with E-state index in [1.54, 1.807) is 0 Å². The highest BCUT2D eigenvalue weighted by atomic mass is 32.2. The standard InChI is InChI=1S/C36H48N2S/c1-2-3-4-5-6-7-8-9-10-11-12-13-14-23-30-38-34-29-22-21-28-33(34)37-36(38)35(31-24-17-15-18-25-31)39-32-26-19-16-20-27-32/h15-22,24-29,35H,2-14,23,30H2,1H3. The van der Waals surface area contributed by atoms with Gasteiger partial charge in [-0.2, -0.15) is 0 Å². The lowest BCUT2D eigenvalue weighted by molar-refractivity contribution is 0.523. The third kappa shape index (κ3) is 9.57. The van der Waals surface area contributed by atoms with Gasteiger partial charge < -0.3 is 4.57 Å². The van der Waals surface area contributed by atoms with Gasteiger partial charge in [0.15, 0.2) is 0 Å². The molecule has 0 amide bonds. The fourth-order valence-electron chi connectivity index (χ4n) is 5.53. The van der Waals surface area contributed by atoms with Crippen LogP contribution < -0.4 is 0 Å². The Kier molecular flexibility index (Phi) is 13.0. The van der Waals surface area contributed by atoms with Crippen LogP contribution in [0.5, 0.6) is 0 Å². The minimum Gasteiger partial charge on any atom is -0.327 e. The zero-order chi connectivity index (χ0) is 27.0. The molecule has 2 nitrogen and oxygen atoms in total. The van der Waals surface area contributed by atoms with E-state index < -0.39 is 0 Å². The summed E-state index contributed by atoms with van der Waals surface area (Å²) in [5.74, 6) is 1.17. The normalized spacial score (nSPS) is 12.2. The summed E-state index contributed by atoms with van der Waals surface area (Å²) in [5.41, 5.74) is 3.67. The molecule has 0 radical (unpaired) electrons. The number of aromatic nitrogens is 2. The van der Waals surface area contributed by atoms with Crippen molar-refractivity contribution in [3.63, 3.8) is 0 Å². The Balaban J connectivity index is 1.30. The third-order valence-electron chi connectivity index (χ3n) is 7.75. The Labute approximate surface area is 241 Å². The summed E-state index contributed by atoms with van der Waals surface area (Å²) in [4.78, 5) is 6.49. The van der Waals surface area contributed by atoms with E-state index in [4.69, 9.17) is 4.98 Å². The van der Waals surface area contributed by atoms with Gasteiger partial charge in [0.1, 0.15) is 5.82 Å². The van der Waals surface area contributed by atoms with Crippen LogP contribution in [-0.4, -0.2) is 9.55 Å². The van der Waals surface area contributed by atoms with Gasteiger partial charge in [-0.1, -0.05) is 151 Å². The van der Waals surface area contributed by atoms with E-state index in [1.807, 2.05) is 11.8 Å². The molecular formula is C36H48N2S. The molecule has 3 aromatic carbocycles. The Morgan fingerprint density at radius 2 is 1.10 bits per heavy atom. The zero-order valence-corrected chi connectivity index (χ0v) is 24.9. The number of hydrogen-bond donors (Lipinski definition) is 0. The van der Waals surface area contributed by atoms with Crippen molar-refractivity contribution in [2.45, 2.75) is 114 Å². The molecule has 0 aliphatic heterocycles. The molecule has 1 atom stereocenters. The highest BCUT2D eigenvalue weighted by molar-refractivity contribution is 7.99. The summed E-state index contributed by atoms with van der Waals surface area (Å²) in [6.07, 6.45) is 19.4. The molecule has 0 fully saturated rings. The van der Waals surface area contributed by atoms with Crippen molar-refractivity contribution in [2.75, 3.05) is 0 Å². The number of unbranched alkanes of at least 4 members (excludes halogenated alkanes) is 13. The fraction of sp³-hybridized carbons (Fsp3) is 0.472. The average molecular weight is 541 g/mol. The fourth-order valence-corrected chi connectivity index (χ4v) is 6.69. The van der Waals surface area contributed by atoms with Gasteiger partial charge >= 0.3 is 0 Å². The Morgan fingerprint density at radius 3 is 1.72 bits per heavy atom. The molecule has 0 saturated carbocycles. The largest absolute Gasteiger partial charge is 0.327 e. The van der Waals surface area contributed by atoms with Crippen molar-refractivity contribution in [1.82, 2.24) is 9.55 Å². The SMILES string of the molecule is CCCCCCCCCCCCCCCCn1c(C(Sc2ccccc2)c2ccccc2)nc2ccccc21. The van der Waals surface area contributed by atoms with Crippen LogP contribution in [0.15, 0.2) is 89.8 Å². The van der Waals surface area contributed by atoms with Crippen molar-refractivity contribution in [1.29, 1.82) is 0 Å². The maximum Gasteiger partial charge on any atom is 0.127 e. The van der Waals surface area contributed by atoms with E-state index in [2.05, 4.69) is 96.4 Å². The van der Waals surface area contributed by atoms with Gasteiger partial charge in [0.25, 0.3) is 0 Å². The van der Waals surface area contributed by atoms with E-state index in [9.17, 15) is 0 Å². The molecule has 0 aliphatic rings. The number of hydrogen-bond acceptors (Lipinski definition) is 2. The number of para-hydroxylation sites is 2. The van der Waals surface area contributed by atoms with E-state index >= 15 is 0 Å². The Hall–Kier alpha value is -2.52. The lowest BCUT2D eigenvalue weighted by Crippen LogP contribution is -2.09. The van der Waals surface area contributed by atoms with Gasteiger partial charge in [-0.25, -0.2) is 4.98 Å². The van der Waals surface area contributed by atoms with Crippen LogP contribution in [0.25, 0.3) is 11.0 Å². The van der Waals surface area contributed by atoms with Crippen LogP contribution >= 0.6 is 11.8 Å². The van der Waals surface area contributed by atoms with Gasteiger partial charge in [-0.3, -0.25) is 0 Å². The number of benzene rings is 3. The van der Waals surface area contributed by atoms with E-state index in [1.165, 1.54) is 112 Å².